The molecule has 4 rings (SSSR count). The molecule has 6 nitrogen and oxygen atoms in total. The van der Waals surface area contributed by atoms with E-state index in [9.17, 15) is 4.79 Å². The summed E-state index contributed by atoms with van der Waals surface area (Å²) < 4.78 is 14.6. The SMILES string of the molecule is COc1cc(Br)cc(C=Nn2c(C(C)C)nc3ccc(Br)cc3c2=O)c1OCc1ccccc1Cl. The lowest BCUT2D eigenvalue weighted by molar-refractivity contribution is 0.284. The number of nitrogens with zero attached hydrogens (tertiary/aromatic N) is 3. The number of methoxy groups -OCH3 is 1. The second kappa shape index (κ2) is 10.9. The van der Waals surface area contributed by atoms with Crippen LogP contribution in [0.1, 0.15) is 36.7 Å². The van der Waals surface area contributed by atoms with Crippen molar-refractivity contribution in [2.24, 2.45) is 5.10 Å². The van der Waals surface area contributed by atoms with E-state index in [0.717, 1.165) is 14.5 Å². The van der Waals surface area contributed by atoms with Crippen LogP contribution in [0.2, 0.25) is 5.02 Å². The molecule has 9 heteroatoms. The highest BCUT2D eigenvalue weighted by Crippen LogP contribution is 2.35. The minimum Gasteiger partial charge on any atom is -0.493 e. The summed E-state index contributed by atoms with van der Waals surface area (Å²) in [5.74, 6) is 1.53. The fourth-order valence-electron chi connectivity index (χ4n) is 3.53. The molecule has 0 aliphatic carbocycles. The predicted molar refractivity (Wildman–Crippen MR) is 147 cm³/mol. The van der Waals surface area contributed by atoms with Gasteiger partial charge in [-0.2, -0.15) is 9.78 Å². The van der Waals surface area contributed by atoms with E-state index in [4.69, 9.17) is 26.1 Å². The van der Waals surface area contributed by atoms with Crippen LogP contribution in [0.4, 0.5) is 0 Å². The number of ether oxygens (including phenoxy) is 2. The van der Waals surface area contributed by atoms with E-state index in [-0.39, 0.29) is 18.1 Å². The Labute approximate surface area is 224 Å². The van der Waals surface area contributed by atoms with Crippen LogP contribution in [0.15, 0.2) is 73.4 Å². The highest BCUT2D eigenvalue weighted by atomic mass is 79.9. The third-order valence-electron chi connectivity index (χ3n) is 5.26. The van der Waals surface area contributed by atoms with Crippen molar-refractivity contribution in [1.82, 2.24) is 9.66 Å². The van der Waals surface area contributed by atoms with Crippen molar-refractivity contribution in [1.29, 1.82) is 0 Å². The number of fused-ring (bicyclic) bond motifs is 1. The monoisotopic (exact) mass is 617 g/mol. The molecule has 35 heavy (non-hydrogen) atoms. The molecular formula is C26H22Br2ClN3O3. The van der Waals surface area contributed by atoms with Crippen LogP contribution in [-0.2, 0) is 6.61 Å². The lowest BCUT2D eigenvalue weighted by Crippen LogP contribution is -2.23. The summed E-state index contributed by atoms with van der Waals surface area (Å²) in [5, 5.41) is 5.63. The van der Waals surface area contributed by atoms with Crippen LogP contribution in [-0.4, -0.2) is 23.0 Å². The van der Waals surface area contributed by atoms with Gasteiger partial charge in [0, 0.05) is 31.0 Å². The van der Waals surface area contributed by atoms with Gasteiger partial charge in [0.05, 0.1) is 24.2 Å². The number of hydrogen-bond donors (Lipinski definition) is 0. The standard InChI is InChI=1S/C26H22Br2ClN3O3/c1-15(2)25-31-22-9-8-18(27)11-20(22)26(33)32(25)30-13-17-10-19(28)12-23(34-3)24(17)35-14-16-6-4-5-7-21(16)29/h4-13,15H,14H2,1-3H3. The number of benzene rings is 3. The van der Waals surface area contributed by atoms with Gasteiger partial charge in [0.2, 0.25) is 0 Å². The summed E-state index contributed by atoms with van der Waals surface area (Å²) in [6.07, 6.45) is 1.58. The van der Waals surface area contributed by atoms with Gasteiger partial charge in [0.25, 0.3) is 5.56 Å². The molecule has 180 valence electrons. The van der Waals surface area contributed by atoms with E-state index in [1.54, 1.807) is 25.5 Å². The van der Waals surface area contributed by atoms with Crippen LogP contribution in [0.5, 0.6) is 11.5 Å². The summed E-state index contributed by atoms with van der Waals surface area (Å²) in [6.45, 7) is 4.18. The molecule has 0 aliphatic heterocycles. The third-order valence-corrected chi connectivity index (χ3v) is 6.58. The van der Waals surface area contributed by atoms with Crippen LogP contribution in [0.3, 0.4) is 0 Å². The first-order chi connectivity index (χ1) is 16.8. The van der Waals surface area contributed by atoms with Crippen molar-refractivity contribution >= 4 is 60.6 Å². The minimum absolute atomic E-state index is 0.0270. The number of aromatic nitrogens is 2. The first-order valence-electron chi connectivity index (χ1n) is 10.8. The summed E-state index contributed by atoms with van der Waals surface area (Å²) in [7, 11) is 1.57. The van der Waals surface area contributed by atoms with Gasteiger partial charge in [-0.05, 0) is 36.4 Å². The lowest BCUT2D eigenvalue weighted by Gasteiger charge is -2.15. The van der Waals surface area contributed by atoms with E-state index in [0.29, 0.717) is 38.8 Å². The first-order valence-corrected chi connectivity index (χ1v) is 12.7. The van der Waals surface area contributed by atoms with E-state index in [2.05, 4.69) is 37.0 Å². The maximum atomic E-state index is 13.4. The van der Waals surface area contributed by atoms with E-state index in [1.165, 1.54) is 4.68 Å². The Hall–Kier alpha value is -2.68. The molecule has 0 amide bonds. The quantitative estimate of drug-likeness (QED) is 0.206. The molecule has 0 radical (unpaired) electrons. The molecule has 0 N–H and O–H groups in total. The van der Waals surface area contributed by atoms with Gasteiger partial charge in [0.1, 0.15) is 12.4 Å². The van der Waals surface area contributed by atoms with Crippen LogP contribution in [0.25, 0.3) is 10.9 Å². The van der Waals surface area contributed by atoms with Crippen molar-refractivity contribution < 1.29 is 9.47 Å². The molecule has 0 saturated heterocycles. The maximum absolute atomic E-state index is 13.4. The van der Waals surface area contributed by atoms with Crippen LogP contribution in [0, 0.1) is 0 Å². The number of halogens is 3. The van der Waals surface area contributed by atoms with Gasteiger partial charge in [-0.15, -0.1) is 0 Å². The fraction of sp³-hybridized carbons (Fsp3) is 0.192. The second-order valence-electron chi connectivity index (χ2n) is 8.05. The molecule has 0 aliphatic rings. The predicted octanol–water partition coefficient (Wildman–Crippen LogP) is 7.17. The Kier molecular flexibility index (Phi) is 7.94. The van der Waals surface area contributed by atoms with Crippen molar-refractivity contribution in [2.45, 2.75) is 26.4 Å². The van der Waals surface area contributed by atoms with Crippen molar-refractivity contribution in [3.05, 3.63) is 95.9 Å². The molecule has 0 bridgehead atoms. The van der Waals surface area contributed by atoms with Gasteiger partial charge in [-0.3, -0.25) is 4.79 Å². The Balaban J connectivity index is 1.80. The Morgan fingerprint density at radius 2 is 1.89 bits per heavy atom. The fourth-order valence-corrected chi connectivity index (χ4v) is 4.53. The Morgan fingerprint density at radius 3 is 2.60 bits per heavy atom. The molecule has 1 heterocycles. The van der Waals surface area contributed by atoms with E-state index < -0.39 is 0 Å². The molecule has 0 atom stereocenters. The van der Waals surface area contributed by atoms with Gasteiger partial charge in [-0.1, -0.05) is 75.5 Å². The average Bonchev–Trinajstić information content (AvgIpc) is 2.83. The summed E-state index contributed by atoms with van der Waals surface area (Å²) >= 11 is 13.2. The molecule has 4 aromatic rings. The van der Waals surface area contributed by atoms with E-state index >= 15 is 0 Å². The number of hydrogen-bond acceptors (Lipinski definition) is 5. The zero-order valence-corrected chi connectivity index (χ0v) is 23.2. The molecule has 3 aromatic carbocycles. The number of rotatable bonds is 7. The topological polar surface area (TPSA) is 65.7 Å². The largest absolute Gasteiger partial charge is 0.493 e. The molecular weight excluding hydrogens is 598 g/mol. The van der Waals surface area contributed by atoms with Crippen LogP contribution < -0.4 is 15.0 Å². The lowest BCUT2D eigenvalue weighted by atomic mass is 10.2. The van der Waals surface area contributed by atoms with Gasteiger partial charge >= 0.3 is 0 Å². The highest BCUT2D eigenvalue weighted by molar-refractivity contribution is 9.10. The van der Waals surface area contributed by atoms with Gasteiger partial charge in [0.15, 0.2) is 11.5 Å². The molecule has 0 saturated carbocycles. The smallest absolute Gasteiger partial charge is 0.282 e. The molecule has 0 unspecified atom stereocenters. The second-order valence-corrected chi connectivity index (χ2v) is 10.3. The minimum atomic E-state index is -0.253. The van der Waals surface area contributed by atoms with Crippen molar-refractivity contribution in [3.63, 3.8) is 0 Å². The van der Waals surface area contributed by atoms with Crippen molar-refractivity contribution in [3.8, 4) is 11.5 Å². The zero-order chi connectivity index (χ0) is 25.1. The zero-order valence-electron chi connectivity index (χ0n) is 19.3. The first kappa shape index (κ1) is 25.4. The molecule has 0 spiro atoms. The van der Waals surface area contributed by atoms with Gasteiger partial charge in [-0.25, -0.2) is 4.98 Å². The maximum Gasteiger partial charge on any atom is 0.282 e. The van der Waals surface area contributed by atoms with Crippen LogP contribution >= 0.6 is 43.5 Å². The summed E-state index contributed by atoms with van der Waals surface area (Å²) in [6, 6.07) is 16.6. The van der Waals surface area contributed by atoms with Gasteiger partial charge < -0.3 is 9.47 Å². The Bertz CT molecular complexity index is 1490. The Morgan fingerprint density at radius 1 is 1.11 bits per heavy atom. The summed E-state index contributed by atoms with van der Waals surface area (Å²) in [4.78, 5) is 18.1. The van der Waals surface area contributed by atoms with Crippen molar-refractivity contribution in [2.75, 3.05) is 7.11 Å². The average molecular weight is 620 g/mol. The third kappa shape index (κ3) is 5.60. The highest BCUT2D eigenvalue weighted by Gasteiger charge is 2.16. The molecule has 0 fully saturated rings. The summed E-state index contributed by atoms with van der Waals surface area (Å²) in [5.41, 5.74) is 1.84. The molecule has 1 aromatic heterocycles. The van der Waals surface area contributed by atoms with E-state index in [1.807, 2.05) is 56.3 Å². The normalized spacial score (nSPS) is 11.5.